The maximum atomic E-state index is 13.9. The van der Waals surface area contributed by atoms with E-state index in [1.165, 1.54) is 17.5 Å². The van der Waals surface area contributed by atoms with E-state index in [0.29, 0.717) is 12.0 Å². The van der Waals surface area contributed by atoms with Gasteiger partial charge in [0.05, 0.1) is 0 Å². The molecule has 2 aromatic carbocycles. The largest absolute Gasteiger partial charge is 0.316 e. The predicted molar refractivity (Wildman–Crippen MR) is 84.9 cm³/mol. The summed E-state index contributed by atoms with van der Waals surface area (Å²) in [5.41, 5.74) is 3.76. The van der Waals surface area contributed by atoms with Crippen LogP contribution in [0.4, 0.5) is 4.39 Å². The standard InChI is InChI=1S/C19H22FN/c1-21-19(13-16-8-4-5-9-18(16)20)17-11-10-14-6-2-3-7-15(14)12-17/h2-9,17,19,21H,10-13H2,1H3. The third-order valence-corrected chi connectivity index (χ3v) is 4.72. The van der Waals surface area contributed by atoms with Crippen LogP contribution in [0.25, 0.3) is 0 Å². The molecular formula is C19H22FN. The van der Waals surface area contributed by atoms with Gasteiger partial charge in [0, 0.05) is 6.04 Å². The van der Waals surface area contributed by atoms with Crippen LogP contribution >= 0.6 is 0 Å². The number of rotatable bonds is 4. The van der Waals surface area contributed by atoms with Gasteiger partial charge in [-0.1, -0.05) is 42.5 Å². The fraction of sp³-hybridized carbons (Fsp3) is 0.368. The summed E-state index contributed by atoms with van der Waals surface area (Å²) in [5.74, 6) is 0.485. The molecule has 0 saturated carbocycles. The first-order valence-corrected chi connectivity index (χ1v) is 7.75. The van der Waals surface area contributed by atoms with E-state index in [1.54, 1.807) is 12.1 Å². The van der Waals surface area contributed by atoms with Gasteiger partial charge in [-0.05, 0) is 61.4 Å². The maximum absolute atomic E-state index is 13.9. The molecule has 0 saturated heterocycles. The third kappa shape index (κ3) is 3.16. The first-order valence-electron chi connectivity index (χ1n) is 7.75. The van der Waals surface area contributed by atoms with E-state index in [-0.39, 0.29) is 5.82 Å². The topological polar surface area (TPSA) is 12.0 Å². The van der Waals surface area contributed by atoms with Crippen LogP contribution in [0.1, 0.15) is 23.1 Å². The summed E-state index contributed by atoms with van der Waals surface area (Å²) in [4.78, 5) is 0. The highest BCUT2D eigenvalue weighted by Gasteiger charge is 2.25. The van der Waals surface area contributed by atoms with Gasteiger partial charge in [0.2, 0.25) is 0 Å². The maximum Gasteiger partial charge on any atom is 0.126 e. The van der Waals surface area contributed by atoms with Crippen molar-refractivity contribution in [1.82, 2.24) is 5.32 Å². The molecule has 0 heterocycles. The minimum atomic E-state index is -0.0889. The molecule has 1 aliphatic carbocycles. The lowest BCUT2D eigenvalue weighted by Crippen LogP contribution is -2.38. The van der Waals surface area contributed by atoms with Crippen molar-refractivity contribution in [2.45, 2.75) is 31.7 Å². The normalized spacial score (nSPS) is 19.0. The number of likely N-dealkylation sites (N-methyl/N-ethyl adjacent to an activating group) is 1. The van der Waals surface area contributed by atoms with E-state index in [4.69, 9.17) is 0 Å². The Balaban J connectivity index is 1.74. The van der Waals surface area contributed by atoms with Crippen molar-refractivity contribution in [3.8, 4) is 0 Å². The lowest BCUT2D eigenvalue weighted by molar-refractivity contribution is 0.330. The molecule has 0 aromatic heterocycles. The van der Waals surface area contributed by atoms with E-state index in [1.807, 2.05) is 19.2 Å². The average molecular weight is 283 g/mol. The molecule has 0 fully saturated rings. The molecule has 1 N–H and O–H groups in total. The quantitative estimate of drug-likeness (QED) is 0.901. The summed E-state index contributed by atoms with van der Waals surface area (Å²) in [5, 5.41) is 3.41. The number of nitrogens with one attached hydrogen (secondary N) is 1. The van der Waals surface area contributed by atoms with E-state index in [2.05, 4.69) is 29.6 Å². The highest BCUT2D eigenvalue weighted by molar-refractivity contribution is 5.30. The van der Waals surface area contributed by atoms with E-state index < -0.39 is 0 Å². The molecule has 0 amide bonds. The van der Waals surface area contributed by atoms with Crippen molar-refractivity contribution in [2.24, 2.45) is 5.92 Å². The Hall–Kier alpha value is -1.67. The van der Waals surface area contributed by atoms with Gasteiger partial charge in [-0.15, -0.1) is 0 Å². The summed E-state index contributed by atoms with van der Waals surface area (Å²) < 4.78 is 13.9. The van der Waals surface area contributed by atoms with Gasteiger partial charge in [0.15, 0.2) is 0 Å². The fourth-order valence-corrected chi connectivity index (χ4v) is 3.47. The van der Waals surface area contributed by atoms with Crippen LogP contribution in [0.5, 0.6) is 0 Å². The van der Waals surface area contributed by atoms with Crippen LogP contribution in [0.3, 0.4) is 0 Å². The smallest absolute Gasteiger partial charge is 0.126 e. The Morgan fingerprint density at radius 2 is 1.81 bits per heavy atom. The zero-order chi connectivity index (χ0) is 14.7. The van der Waals surface area contributed by atoms with Crippen molar-refractivity contribution < 1.29 is 4.39 Å². The molecule has 21 heavy (non-hydrogen) atoms. The second-order valence-corrected chi connectivity index (χ2v) is 5.96. The van der Waals surface area contributed by atoms with Crippen molar-refractivity contribution in [1.29, 1.82) is 0 Å². The molecule has 0 spiro atoms. The minimum absolute atomic E-state index is 0.0889. The zero-order valence-corrected chi connectivity index (χ0v) is 12.5. The number of aryl methyl sites for hydroxylation is 1. The van der Waals surface area contributed by atoms with Crippen molar-refractivity contribution in [2.75, 3.05) is 7.05 Å². The minimum Gasteiger partial charge on any atom is -0.316 e. The Morgan fingerprint density at radius 1 is 1.10 bits per heavy atom. The molecule has 1 nitrogen and oxygen atoms in total. The van der Waals surface area contributed by atoms with Crippen LogP contribution in [0.2, 0.25) is 0 Å². The van der Waals surface area contributed by atoms with Gasteiger partial charge in [-0.3, -0.25) is 0 Å². The van der Waals surface area contributed by atoms with Crippen molar-refractivity contribution >= 4 is 0 Å². The Labute approximate surface area is 126 Å². The predicted octanol–water partition coefficient (Wildman–Crippen LogP) is 3.76. The first-order chi connectivity index (χ1) is 10.3. The summed E-state index contributed by atoms with van der Waals surface area (Å²) in [6.45, 7) is 0. The molecule has 3 rings (SSSR count). The lowest BCUT2D eigenvalue weighted by Gasteiger charge is -2.31. The van der Waals surface area contributed by atoms with Gasteiger partial charge >= 0.3 is 0 Å². The van der Waals surface area contributed by atoms with Crippen molar-refractivity contribution in [3.05, 3.63) is 71.0 Å². The van der Waals surface area contributed by atoms with Gasteiger partial charge in [0.25, 0.3) is 0 Å². The molecule has 2 heteroatoms. The molecule has 110 valence electrons. The van der Waals surface area contributed by atoms with Gasteiger partial charge < -0.3 is 5.32 Å². The van der Waals surface area contributed by atoms with Crippen LogP contribution in [0, 0.1) is 11.7 Å². The SMILES string of the molecule is CNC(Cc1ccccc1F)C1CCc2ccccc2C1. The summed E-state index contributed by atoms with van der Waals surface area (Å²) >= 11 is 0. The molecule has 2 unspecified atom stereocenters. The van der Waals surface area contributed by atoms with E-state index >= 15 is 0 Å². The molecule has 0 aliphatic heterocycles. The average Bonchev–Trinajstić information content (AvgIpc) is 2.54. The Bertz CT molecular complexity index is 608. The Kier molecular flexibility index (Phi) is 4.35. The fourth-order valence-electron chi connectivity index (χ4n) is 3.47. The monoisotopic (exact) mass is 283 g/mol. The van der Waals surface area contributed by atoms with Gasteiger partial charge in [-0.2, -0.15) is 0 Å². The van der Waals surface area contributed by atoms with Crippen LogP contribution in [0.15, 0.2) is 48.5 Å². The van der Waals surface area contributed by atoms with Crippen molar-refractivity contribution in [3.63, 3.8) is 0 Å². The van der Waals surface area contributed by atoms with Gasteiger partial charge in [0.1, 0.15) is 5.82 Å². The van der Waals surface area contributed by atoms with E-state index in [0.717, 1.165) is 24.8 Å². The number of hydrogen-bond acceptors (Lipinski definition) is 1. The van der Waals surface area contributed by atoms with Crippen LogP contribution in [-0.4, -0.2) is 13.1 Å². The first kappa shape index (κ1) is 14.3. The molecule has 2 aromatic rings. The molecule has 0 bridgehead atoms. The van der Waals surface area contributed by atoms with Gasteiger partial charge in [-0.25, -0.2) is 4.39 Å². The van der Waals surface area contributed by atoms with Crippen LogP contribution in [-0.2, 0) is 19.3 Å². The Morgan fingerprint density at radius 3 is 2.57 bits per heavy atom. The molecule has 1 aliphatic rings. The van der Waals surface area contributed by atoms with Crippen LogP contribution < -0.4 is 5.32 Å². The molecular weight excluding hydrogens is 261 g/mol. The summed E-state index contributed by atoms with van der Waals surface area (Å²) in [6, 6.07) is 16.2. The third-order valence-electron chi connectivity index (χ3n) is 4.72. The number of hydrogen-bond donors (Lipinski definition) is 1. The lowest BCUT2D eigenvalue weighted by atomic mass is 9.78. The van der Waals surface area contributed by atoms with E-state index in [9.17, 15) is 4.39 Å². The number of benzene rings is 2. The molecule has 0 radical (unpaired) electrons. The highest BCUT2D eigenvalue weighted by atomic mass is 19.1. The summed E-state index contributed by atoms with van der Waals surface area (Å²) in [6.07, 6.45) is 4.17. The molecule has 2 atom stereocenters. The second-order valence-electron chi connectivity index (χ2n) is 5.96. The number of fused-ring (bicyclic) bond motifs is 1. The second kappa shape index (κ2) is 6.40. The summed E-state index contributed by atoms with van der Waals surface area (Å²) in [7, 11) is 1.99. The number of halogens is 1. The zero-order valence-electron chi connectivity index (χ0n) is 12.5. The highest BCUT2D eigenvalue weighted by Crippen LogP contribution is 2.29.